The monoisotopic (exact) mass is 331 g/mol. The Labute approximate surface area is 114 Å². The van der Waals surface area contributed by atoms with Crippen molar-refractivity contribution in [2.45, 2.75) is 0 Å². The molecule has 0 atom stereocenters. The van der Waals surface area contributed by atoms with E-state index in [0.29, 0.717) is 0 Å². The van der Waals surface area contributed by atoms with Crippen LogP contribution in [0, 0.1) is 3.57 Å². The van der Waals surface area contributed by atoms with Gasteiger partial charge in [0.15, 0.2) is 0 Å². The maximum Gasteiger partial charge on any atom is 0.0273 e. The van der Waals surface area contributed by atoms with Gasteiger partial charge in [0.25, 0.3) is 0 Å². The lowest BCUT2D eigenvalue weighted by atomic mass is 10.0. The Morgan fingerprint density at radius 3 is 2.24 bits per heavy atom. The van der Waals surface area contributed by atoms with Gasteiger partial charge in [0, 0.05) is 16.0 Å². The van der Waals surface area contributed by atoms with Crippen molar-refractivity contribution in [2.24, 2.45) is 0 Å². The summed E-state index contributed by atoms with van der Waals surface area (Å²) in [7, 11) is 0. The Balaban J connectivity index is 2.17. The number of nitrogens with zero attached hydrogens (tertiary/aromatic N) is 1. The predicted octanol–water partition coefficient (Wildman–Crippen LogP) is 4.51. The second-order valence-corrected chi connectivity index (χ2v) is 5.19. The van der Waals surface area contributed by atoms with Gasteiger partial charge in [-0.1, -0.05) is 18.2 Å². The first-order valence-electron chi connectivity index (χ1n) is 5.43. The zero-order valence-corrected chi connectivity index (χ0v) is 11.3. The largest absolute Gasteiger partial charge is 0.265 e. The van der Waals surface area contributed by atoms with Crippen LogP contribution in [0.2, 0.25) is 0 Å². The second-order valence-electron chi connectivity index (χ2n) is 3.94. The molecule has 0 saturated carbocycles. The fourth-order valence-corrected chi connectivity index (χ4v) is 2.46. The van der Waals surface area contributed by atoms with Gasteiger partial charge in [-0.2, -0.15) is 0 Å². The number of benzene rings is 2. The van der Waals surface area contributed by atoms with Crippen LogP contribution in [0.4, 0.5) is 0 Å². The van der Waals surface area contributed by atoms with Crippen molar-refractivity contribution in [3.05, 3.63) is 64.5 Å². The highest BCUT2D eigenvalue weighted by atomic mass is 127. The van der Waals surface area contributed by atoms with Gasteiger partial charge in [-0.3, -0.25) is 4.98 Å². The minimum atomic E-state index is 1.21. The Kier molecular flexibility index (Phi) is 2.81. The normalized spacial score (nSPS) is 10.6. The highest BCUT2D eigenvalue weighted by molar-refractivity contribution is 14.1. The fourth-order valence-electron chi connectivity index (χ4n) is 1.94. The van der Waals surface area contributed by atoms with Crippen LogP contribution in [-0.4, -0.2) is 4.98 Å². The molecule has 0 unspecified atom stereocenters. The minimum Gasteiger partial charge on any atom is -0.265 e. The third-order valence-electron chi connectivity index (χ3n) is 2.82. The van der Waals surface area contributed by atoms with E-state index in [4.69, 9.17) is 0 Å². The summed E-state index contributed by atoms with van der Waals surface area (Å²) in [5.41, 5.74) is 2.45. The third-order valence-corrected chi connectivity index (χ3v) is 3.49. The van der Waals surface area contributed by atoms with Crippen LogP contribution in [0.1, 0.15) is 0 Å². The molecule has 0 amide bonds. The Morgan fingerprint density at radius 1 is 0.706 bits per heavy atom. The molecule has 2 heteroatoms. The quantitative estimate of drug-likeness (QED) is 0.598. The molecule has 0 spiro atoms. The van der Waals surface area contributed by atoms with Gasteiger partial charge >= 0.3 is 0 Å². The summed E-state index contributed by atoms with van der Waals surface area (Å²) in [5, 5.41) is 2.56. The standard InChI is InChI=1S/C15H10IN/c16-15-4-3-13-9-12(1-2-14(13)10-15)11-5-7-17-8-6-11/h1-10H. The van der Waals surface area contributed by atoms with Gasteiger partial charge in [0.05, 0.1) is 0 Å². The summed E-state index contributed by atoms with van der Waals surface area (Å²) in [5.74, 6) is 0. The molecule has 0 fully saturated rings. The Hall–Kier alpha value is -1.42. The van der Waals surface area contributed by atoms with Gasteiger partial charge in [-0.25, -0.2) is 0 Å². The minimum absolute atomic E-state index is 1.21. The fraction of sp³-hybridized carbons (Fsp3) is 0. The molecule has 3 aromatic rings. The van der Waals surface area contributed by atoms with Crippen LogP contribution < -0.4 is 0 Å². The van der Waals surface area contributed by atoms with Gasteiger partial charge in [0.2, 0.25) is 0 Å². The summed E-state index contributed by atoms with van der Waals surface area (Å²) in [6.07, 6.45) is 3.65. The molecular weight excluding hydrogens is 321 g/mol. The van der Waals surface area contributed by atoms with E-state index in [0.717, 1.165) is 0 Å². The van der Waals surface area contributed by atoms with E-state index in [2.05, 4.69) is 64.0 Å². The number of halogens is 1. The summed E-state index contributed by atoms with van der Waals surface area (Å²) in [6, 6.07) is 17.1. The zero-order valence-electron chi connectivity index (χ0n) is 9.10. The van der Waals surface area contributed by atoms with E-state index in [-0.39, 0.29) is 0 Å². The van der Waals surface area contributed by atoms with Crippen molar-refractivity contribution in [3.8, 4) is 11.1 Å². The molecule has 1 nitrogen and oxygen atoms in total. The van der Waals surface area contributed by atoms with Crippen molar-refractivity contribution < 1.29 is 0 Å². The first kappa shape index (κ1) is 10.7. The van der Waals surface area contributed by atoms with E-state index >= 15 is 0 Å². The molecule has 82 valence electrons. The number of hydrogen-bond donors (Lipinski definition) is 0. The molecule has 17 heavy (non-hydrogen) atoms. The maximum absolute atomic E-state index is 4.04. The first-order chi connectivity index (χ1) is 8.33. The van der Waals surface area contributed by atoms with Gasteiger partial charge in [0.1, 0.15) is 0 Å². The number of rotatable bonds is 1. The van der Waals surface area contributed by atoms with Crippen molar-refractivity contribution in [3.63, 3.8) is 0 Å². The third kappa shape index (κ3) is 2.17. The molecule has 0 aliphatic heterocycles. The second kappa shape index (κ2) is 4.45. The number of aromatic nitrogens is 1. The summed E-state index contributed by atoms with van der Waals surface area (Å²) in [6.45, 7) is 0. The van der Waals surface area contributed by atoms with Gasteiger partial charge in [-0.15, -0.1) is 0 Å². The molecule has 0 saturated heterocycles. The average Bonchev–Trinajstić information content (AvgIpc) is 2.39. The van der Waals surface area contributed by atoms with Gasteiger partial charge in [-0.05, 0) is 74.8 Å². The van der Waals surface area contributed by atoms with E-state index in [1.165, 1.54) is 25.5 Å². The smallest absolute Gasteiger partial charge is 0.0273 e. The van der Waals surface area contributed by atoms with Crippen LogP contribution in [0.15, 0.2) is 60.9 Å². The molecule has 0 N–H and O–H groups in total. The number of pyridine rings is 1. The van der Waals surface area contributed by atoms with Crippen LogP contribution >= 0.6 is 22.6 Å². The topological polar surface area (TPSA) is 12.9 Å². The molecule has 2 aromatic carbocycles. The molecule has 0 bridgehead atoms. The van der Waals surface area contributed by atoms with Crippen LogP contribution in [-0.2, 0) is 0 Å². The molecule has 1 aromatic heterocycles. The maximum atomic E-state index is 4.04. The summed E-state index contributed by atoms with van der Waals surface area (Å²) >= 11 is 2.34. The van der Waals surface area contributed by atoms with E-state index in [1.807, 2.05) is 24.5 Å². The first-order valence-corrected chi connectivity index (χ1v) is 6.50. The lowest BCUT2D eigenvalue weighted by molar-refractivity contribution is 1.33. The number of fused-ring (bicyclic) bond motifs is 1. The summed E-state index contributed by atoms with van der Waals surface area (Å²) in [4.78, 5) is 4.04. The van der Waals surface area contributed by atoms with E-state index in [9.17, 15) is 0 Å². The average molecular weight is 331 g/mol. The van der Waals surface area contributed by atoms with Crippen LogP contribution in [0.5, 0.6) is 0 Å². The molecular formula is C15H10IN. The molecule has 0 aliphatic carbocycles. The molecule has 0 aliphatic rings. The van der Waals surface area contributed by atoms with Crippen LogP contribution in [0.25, 0.3) is 21.9 Å². The highest BCUT2D eigenvalue weighted by Gasteiger charge is 1.99. The lowest BCUT2D eigenvalue weighted by Crippen LogP contribution is -1.80. The molecule has 3 rings (SSSR count). The molecule has 0 radical (unpaired) electrons. The van der Waals surface area contributed by atoms with E-state index in [1.54, 1.807) is 0 Å². The molecule has 1 heterocycles. The summed E-state index contributed by atoms with van der Waals surface area (Å²) < 4.78 is 1.27. The van der Waals surface area contributed by atoms with Gasteiger partial charge < -0.3 is 0 Å². The van der Waals surface area contributed by atoms with Crippen molar-refractivity contribution in [1.29, 1.82) is 0 Å². The van der Waals surface area contributed by atoms with Crippen molar-refractivity contribution in [1.82, 2.24) is 4.98 Å². The van der Waals surface area contributed by atoms with Crippen molar-refractivity contribution >= 4 is 33.4 Å². The Morgan fingerprint density at radius 2 is 1.41 bits per heavy atom. The highest BCUT2D eigenvalue weighted by Crippen LogP contribution is 2.25. The Bertz CT molecular complexity index is 662. The lowest BCUT2D eigenvalue weighted by Gasteiger charge is -2.04. The predicted molar refractivity (Wildman–Crippen MR) is 79.9 cm³/mol. The van der Waals surface area contributed by atoms with Crippen molar-refractivity contribution in [2.75, 3.05) is 0 Å². The van der Waals surface area contributed by atoms with E-state index < -0.39 is 0 Å². The number of hydrogen-bond acceptors (Lipinski definition) is 1. The SMILES string of the molecule is Ic1ccc2cc(-c3ccncc3)ccc2c1. The zero-order chi connectivity index (χ0) is 11.7. The van der Waals surface area contributed by atoms with Crippen LogP contribution in [0.3, 0.4) is 0 Å².